The Bertz CT molecular complexity index is 518. The molecule has 2 N–H and O–H groups in total. The van der Waals surface area contributed by atoms with Gasteiger partial charge in [-0.3, -0.25) is 14.5 Å². The van der Waals surface area contributed by atoms with E-state index in [2.05, 4.69) is 10.3 Å². The SMILES string of the molecule is O=C(CN1CC(C(=O)O)C1)Nc1ncc(Cl)cc1Cl. The van der Waals surface area contributed by atoms with Gasteiger partial charge in [0.1, 0.15) is 0 Å². The molecule has 0 saturated carbocycles. The van der Waals surface area contributed by atoms with Gasteiger partial charge in [-0.15, -0.1) is 0 Å². The van der Waals surface area contributed by atoms with Crippen molar-refractivity contribution in [2.24, 2.45) is 5.92 Å². The number of amides is 1. The highest BCUT2D eigenvalue weighted by molar-refractivity contribution is 6.36. The average molecular weight is 304 g/mol. The number of aromatic nitrogens is 1. The number of carbonyl (C=O) groups excluding carboxylic acids is 1. The molecule has 0 aliphatic carbocycles. The minimum absolute atomic E-state index is 0.115. The molecule has 19 heavy (non-hydrogen) atoms. The zero-order valence-electron chi connectivity index (χ0n) is 9.77. The number of hydrogen-bond acceptors (Lipinski definition) is 4. The summed E-state index contributed by atoms with van der Waals surface area (Å²) in [5.74, 6) is -1.27. The maximum absolute atomic E-state index is 11.7. The smallest absolute Gasteiger partial charge is 0.309 e. The molecule has 1 aromatic rings. The maximum Gasteiger partial charge on any atom is 0.309 e. The molecule has 0 atom stereocenters. The first-order valence-corrected chi connectivity index (χ1v) is 6.27. The third-order valence-corrected chi connectivity index (χ3v) is 3.23. The Morgan fingerprint density at radius 1 is 1.47 bits per heavy atom. The van der Waals surface area contributed by atoms with E-state index in [1.165, 1.54) is 12.3 Å². The lowest BCUT2D eigenvalue weighted by atomic mass is 10.0. The molecular weight excluding hydrogens is 293 g/mol. The van der Waals surface area contributed by atoms with Crippen molar-refractivity contribution in [1.29, 1.82) is 0 Å². The first-order chi connectivity index (χ1) is 8.95. The number of carboxylic acids is 1. The highest BCUT2D eigenvalue weighted by Gasteiger charge is 2.33. The van der Waals surface area contributed by atoms with Crippen molar-refractivity contribution < 1.29 is 14.7 Å². The van der Waals surface area contributed by atoms with Crippen molar-refractivity contribution in [3.05, 3.63) is 22.3 Å². The fourth-order valence-electron chi connectivity index (χ4n) is 1.74. The first-order valence-electron chi connectivity index (χ1n) is 5.52. The van der Waals surface area contributed by atoms with E-state index in [9.17, 15) is 9.59 Å². The number of carbonyl (C=O) groups is 2. The molecule has 1 aromatic heterocycles. The standard InChI is InChI=1S/C11H11Cl2N3O3/c12-7-1-8(13)10(14-2-7)15-9(17)5-16-3-6(4-16)11(18)19/h1-2,6H,3-5H2,(H,18,19)(H,14,15,17). The van der Waals surface area contributed by atoms with Gasteiger partial charge in [0.15, 0.2) is 5.82 Å². The fourth-order valence-corrected chi connectivity index (χ4v) is 2.16. The molecule has 1 aliphatic rings. The minimum Gasteiger partial charge on any atom is -0.481 e. The summed E-state index contributed by atoms with van der Waals surface area (Å²) < 4.78 is 0. The van der Waals surface area contributed by atoms with Crippen molar-refractivity contribution in [2.75, 3.05) is 25.0 Å². The molecule has 2 heterocycles. The van der Waals surface area contributed by atoms with Crippen LogP contribution in [-0.2, 0) is 9.59 Å². The van der Waals surface area contributed by atoms with Crippen LogP contribution >= 0.6 is 23.2 Å². The second-order valence-corrected chi connectivity index (χ2v) is 5.11. The molecule has 0 aromatic carbocycles. The number of rotatable bonds is 4. The van der Waals surface area contributed by atoms with Gasteiger partial charge in [-0.05, 0) is 6.07 Å². The van der Waals surface area contributed by atoms with Crippen LogP contribution in [0.4, 0.5) is 5.82 Å². The van der Waals surface area contributed by atoms with Gasteiger partial charge in [-0.25, -0.2) is 4.98 Å². The zero-order chi connectivity index (χ0) is 14.0. The Balaban J connectivity index is 1.84. The number of halogens is 2. The third-order valence-electron chi connectivity index (χ3n) is 2.74. The number of likely N-dealkylation sites (tertiary alicyclic amines) is 1. The van der Waals surface area contributed by atoms with Crippen LogP contribution in [0.2, 0.25) is 10.0 Å². The lowest BCUT2D eigenvalue weighted by Crippen LogP contribution is -2.52. The molecule has 8 heteroatoms. The Morgan fingerprint density at radius 2 is 2.16 bits per heavy atom. The molecule has 0 spiro atoms. The van der Waals surface area contributed by atoms with E-state index in [0.717, 1.165) is 0 Å². The third kappa shape index (κ3) is 3.56. The monoisotopic (exact) mass is 303 g/mol. The average Bonchev–Trinajstić information content (AvgIpc) is 2.26. The van der Waals surface area contributed by atoms with Gasteiger partial charge in [0.2, 0.25) is 5.91 Å². The largest absolute Gasteiger partial charge is 0.481 e. The fraction of sp³-hybridized carbons (Fsp3) is 0.364. The number of nitrogens with one attached hydrogen (secondary N) is 1. The van der Waals surface area contributed by atoms with Crippen LogP contribution < -0.4 is 5.32 Å². The molecule has 1 amide bonds. The van der Waals surface area contributed by atoms with Gasteiger partial charge in [-0.1, -0.05) is 23.2 Å². The van der Waals surface area contributed by atoms with E-state index in [-0.39, 0.29) is 29.2 Å². The summed E-state index contributed by atoms with van der Waals surface area (Å²) in [5, 5.41) is 11.9. The molecule has 102 valence electrons. The molecular formula is C11H11Cl2N3O3. The lowest BCUT2D eigenvalue weighted by Gasteiger charge is -2.35. The molecule has 0 radical (unpaired) electrons. The summed E-state index contributed by atoms with van der Waals surface area (Å²) >= 11 is 11.6. The van der Waals surface area contributed by atoms with E-state index in [1.807, 2.05) is 0 Å². The molecule has 1 saturated heterocycles. The Labute approximate surface area is 119 Å². The quantitative estimate of drug-likeness (QED) is 0.877. The molecule has 1 aliphatic heterocycles. The van der Waals surface area contributed by atoms with Crippen molar-refractivity contribution in [2.45, 2.75) is 0 Å². The van der Waals surface area contributed by atoms with Crippen LogP contribution in [0.5, 0.6) is 0 Å². The van der Waals surface area contributed by atoms with Crippen molar-refractivity contribution in [1.82, 2.24) is 9.88 Å². The highest BCUT2D eigenvalue weighted by atomic mass is 35.5. The van der Waals surface area contributed by atoms with Crippen LogP contribution in [0.3, 0.4) is 0 Å². The van der Waals surface area contributed by atoms with E-state index in [0.29, 0.717) is 18.1 Å². The summed E-state index contributed by atoms with van der Waals surface area (Å²) in [7, 11) is 0. The van der Waals surface area contributed by atoms with Crippen LogP contribution in [0.15, 0.2) is 12.3 Å². The van der Waals surface area contributed by atoms with Crippen molar-refractivity contribution in [3.8, 4) is 0 Å². The van der Waals surface area contributed by atoms with E-state index < -0.39 is 5.97 Å². The summed E-state index contributed by atoms with van der Waals surface area (Å²) in [4.78, 5) is 27.9. The van der Waals surface area contributed by atoms with Gasteiger partial charge in [0.05, 0.1) is 22.5 Å². The van der Waals surface area contributed by atoms with Crippen LogP contribution in [0, 0.1) is 5.92 Å². The molecule has 2 rings (SSSR count). The Hall–Kier alpha value is -1.37. The number of anilines is 1. The number of carboxylic acid groups (broad SMARTS) is 1. The molecule has 6 nitrogen and oxygen atoms in total. The summed E-state index contributed by atoms with van der Waals surface area (Å²) in [6.45, 7) is 0.874. The van der Waals surface area contributed by atoms with E-state index >= 15 is 0 Å². The van der Waals surface area contributed by atoms with Crippen LogP contribution in [0.25, 0.3) is 0 Å². The number of hydrogen-bond donors (Lipinski definition) is 2. The van der Waals surface area contributed by atoms with E-state index in [4.69, 9.17) is 28.3 Å². The number of nitrogens with zero attached hydrogens (tertiary/aromatic N) is 2. The topological polar surface area (TPSA) is 82.5 Å². The second kappa shape index (κ2) is 5.73. The second-order valence-electron chi connectivity index (χ2n) is 4.26. The number of pyridine rings is 1. The van der Waals surface area contributed by atoms with Gasteiger partial charge >= 0.3 is 5.97 Å². The van der Waals surface area contributed by atoms with Gasteiger partial charge in [0, 0.05) is 19.3 Å². The van der Waals surface area contributed by atoms with Gasteiger partial charge < -0.3 is 10.4 Å². The number of aliphatic carboxylic acids is 1. The molecule has 1 fully saturated rings. The predicted molar refractivity (Wildman–Crippen MR) is 70.5 cm³/mol. The lowest BCUT2D eigenvalue weighted by molar-refractivity contribution is -0.148. The summed E-state index contributed by atoms with van der Waals surface area (Å²) in [6, 6.07) is 1.48. The Morgan fingerprint density at radius 3 is 2.74 bits per heavy atom. The zero-order valence-corrected chi connectivity index (χ0v) is 11.3. The molecule has 0 bridgehead atoms. The van der Waals surface area contributed by atoms with Crippen molar-refractivity contribution in [3.63, 3.8) is 0 Å². The normalized spacial score (nSPS) is 15.9. The highest BCUT2D eigenvalue weighted by Crippen LogP contribution is 2.22. The predicted octanol–water partition coefficient (Wildman–Crippen LogP) is 1.34. The maximum atomic E-state index is 11.7. The van der Waals surface area contributed by atoms with Crippen molar-refractivity contribution >= 4 is 40.9 Å². The van der Waals surface area contributed by atoms with E-state index in [1.54, 1.807) is 4.90 Å². The summed E-state index contributed by atoms with van der Waals surface area (Å²) in [6.07, 6.45) is 1.38. The Kier molecular flexibility index (Phi) is 4.24. The van der Waals surface area contributed by atoms with Gasteiger partial charge in [0.25, 0.3) is 0 Å². The minimum atomic E-state index is -0.834. The molecule has 0 unspecified atom stereocenters. The first kappa shape index (κ1) is 14.0. The summed E-state index contributed by atoms with van der Waals surface area (Å²) in [5.41, 5.74) is 0. The van der Waals surface area contributed by atoms with Gasteiger partial charge in [-0.2, -0.15) is 0 Å². The van der Waals surface area contributed by atoms with Crippen LogP contribution in [0.1, 0.15) is 0 Å². The van der Waals surface area contributed by atoms with Crippen LogP contribution in [-0.4, -0.2) is 46.5 Å².